The first-order valence-electron chi connectivity index (χ1n) is 6.93. The molecule has 2 aromatic carbocycles. The molecule has 0 heteroatoms. The Balaban J connectivity index is 2.10. The summed E-state index contributed by atoms with van der Waals surface area (Å²) in [5.41, 5.74) is 8.72. The molecule has 0 saturated carbocycles. The summed E-state index contributed by atoms with van der Waals surface area (Å²) in [7, 11) is 0. The van der Waals surface area contributed by atoms with Gasteiger partial charge in [-0.15, -0.1) is 0 Å². The molecule has 3 rings (SSSR count). The van der Waals surface area contributed by atoms with Crippen LogP contribution in [-0.2, 0) is 12.8 Å². The van der Waals surface area contributed by atoms with Gasteiger partial charge in [0.05, 0.1) is 0 Å². The zero-order chi connectivity index (χ0) is 12.5. The molecule has 0 aromatic heterocycles. The molecule has 0 nitrogen and oxygen atoms in total. The predicted octanol–water partition coefficient (Wildman–Crippen LogP) is 4.85. The summed E-state index contributed by atoms with van der Waals surface area (Å²) in [5.74, 6) is 0. The summed E-state index contributed by atoms with van der Waals surface area (Å²) in [6, 6.07) is 13.7. The molecule has 0 heterocycles. The molecule has 92 valence electrons. The van der Waals surface area contributed by atoms with E-state index in [-0.39, 0.29) is 0 Å². The van der Waals surface area contributed by atoms with Crippen molar-refractivity contribution < 1.29 is 0 Å². The fourth-order valence-corrected chi connectivity index (χ4v) is 2.90. The quantitative estimate of drug-likeness (QED) is 0.664. The van der Waals surface area contributed by atoms with Crippen molar-refractivity contribution in [3.05, 3.63) is 58.7 Å². The summed E-state index contributed by atoms with van der Waals surface area (Å²) in [6.07, 6.45) is 5.17. The first-order chi connectivity index (χ1) is 8.74. The highest BCUT2D eigenvalue weighted by Gasteiger charge is 2.12. The van der Waals surface area contributed by atoms with Crippen molar-refractivity contribution in [2.24, 2.45) is 0 Å². The molecule has 1 aliphatic rings. The average Bonchev–Trinajstić information content (AvgIpc) is 2.49. The van der Waals surface area contributed by atoms with Crippen LogP contribution in [0.1, 0.15) is 35.1 Å². The normalized spacial score (nSPS) is 14.3. The highest BCUT2D eigenvalue weighted by atomic mass is 14.2. The maximum Gasteiger partial charge on any atom is -0.0178 e. The number of aryl methyl sites for hydroxylation is 3. The molecule has 0 aliphatic heterocycles. The fraction of sp³-hybridized carbons (Fsp3) is 0.333. The highest BCUT2D eigenvalue weighted by Crippen LogP contribution is 2.30. The van der Waals surface area contributed by atoms with Crippen molar-refractivity contribution in [2.75, 3.05) is 0 Å². The zero-order valence-electron chi connectivity index (χ0n) is 11.3. The third-order valence-corrected chi connectivity index (χ3v) is 4.15. The van der Waals surface area contributed by atoms with Crippen molar-refractivity contribution in [3.8, 4) is 11.1 Å². The van der Waals surface area contributed by atoms with Crippen molar-refractivity contribution >= 4 is 0 Å². The Bertz CT molecular complexity index is 534. The van der Waals surface area contributed by atoms with Gasteiger partial charge < -0.3 is 0 Å². The monoisotopic (exact) mass is 236 g/mol. The van der Waals surface area contributed by atoms with Gasteiger partial charge in [0, 0.05) is 0 Å². The van der Waals surface area contributed by atoms with Crippen LogP contribution in [0.2, 0.25) is 0 Å². The Morgan fingerprint density at radius 3 is 1.83 bits per heavy atom. The van der Waals surface area contributed by atoms with Crippen molar-refractivity contribution in [2.45, 2.75) is 39.5 Å². The van der Waals surface area contributed by atoms with Crippen LogP contribution in [0, 0.1) is 13.8 Å². The van der Waals surface area contributed by atoms with Crippen LogP contribution < -0.4 is 0 Å². The van der Waals surface area contributed by atoms with E-state index >= 15 is 0 Å². The van der Waals surface area contributed by atoms with Crippen LogP contribution in [0.3, 0.4) is 0 Å². The maximum atomic E-state index is 2.40. The van der Waals surface area contributed by atoms with Gasteiger partial charge in [-0.3, -0.25) is 0 Å². The molecule has 1 aliphatic carbocycles. The topological polar surface area (TPSA) is 0 Å². The van der Waals surface area contributed by atoms with Gasteiger partial charge in [0.2, 0.25) is 0 Å². The van der Waals surface area contributed by atoms with E-state index in [4.69, 9.17) is 0 Å². The Morgan fingerprint density at radius 1 is 0.722 bits per heavy atom. The molecule has 0 N–H and O–H groups in total. The molecule has 0 amide bonds. The van der Waals surface area contributed by atoms with Crippen LogP contribution in [0.4, 0.5) is 0 Å². The smallest absolute Gasteiger partial charge is 0.0178 e. The third-order valence-electron chi connectivity index (χ3n) is 4.15. The lowest BCUT2D eigenvalue weighted by atomic mass is 9.94. The Morgan fingerprint density at radius 2 is 1.28 bits per heavy atom. The SMILES string of the molecule is Cc1ccc(-c2cc3c(C)c(c2)CCCC3)cc1. The lowest BCUT2D eigenvalue weighted by Crippen LogP contribution is -1.93. The van der Waals surface area contributed by atoms with E-state index in [0.29, 0.717) is 0 Å². The Kier molecular flexibility index (Phi) is 2.95. The molecule has 0 atom stereocenters. The Labute approximate surface area is 110 Å². The summed E-state index contributed by atoms with van der Waals surface area (Å²) in [5, 5.41) is 0. The van der Waals surface area contributed by atoms with E-state index in [0.717, 1.165) is 0 Å². The predicted molar refractivity (Wildman–Crippen MR) is 78.0 cm³/mol. The molecule has 0 unspecified atom stereocenters. The lowest BCUT2D eigenvalue weighted by molar-refractivity contribution is 0.754. The zero-order valence-corrected chi connectivity index (χ0v) is 11.3. The molecule has 0 spiro atoms. The molecule has 0 saturated heterocycles. The fourth-order valence-electron chi connectivity index (χ4n) is 2.90. The highest BCUT2D eigenvalue weighted by molar-refractivity contribution is 5.66. The molecule has 2 bridgehead atoms. The molecule has 18 heavy (non-hydrogen) atoms. The van der Waals surface area contributed by atoms with E-state index < -0.39 is 0 Å². The van der Waals surface area contributed by atoms with Crippen molar-refractivity contribution in [1.82, 2.24) is 0 Å². The third kappa shape index (κ3) is 2.08. The average molecular weight is 236 g/mol. The second-order valence-electron chi connectivity index (χ2n) is 5.49. The molecule has 2 aromatic rings. The van der Waals surface area contributed by atoms with E-state index in [1.165, 1.54) is 47.9 Å². The van der Waals surface area contributed by atoms with Crippen LogP contribution in [0.15, 0.2) is 36.4 Å². The van der Waals surface area contributed by atoms with Crippen LogP contribution in [-0.4, -0.2) is 0 Å². The van der Waals surface area contributed by atoms with E-state index in [9.17, 15) is 0 Å². The largest absolute Gasteiger partial charge is 0.0587 e. The summed E-state index contributed by atoms with van der Waals surface area (Å²) in [4.78, 5) is 0. The van der Waals surface area contributed by atoms with E-state index in [2.05, 4.69) is 50.2 Å². The molecular weight excluding hydrogens is 216 g/mol. The lowest BCUT2D eigenvalue weighted by Gasteiger charge is -2.11. The minimum absolute atomic E-state index is 1.25. The van der Waals surface area contributed by atoms with Gasteiger partial charge in [0.15, 0.2) is 0 Å². The van der Waals surface area contributed by atoms with Gasteiger partial charge in [0.1, 0.15) is 0 Å². The number of hydrogen-bond donors (Lipinski definition) is 0. The van der Waals surface area contributed by atoms with Gasteiger partial charge in [-0.05, 0) is 67.3 Å². The van der Waals surface area contributed by atoms with E-state index in [1.807, 2.05) is 0 Å². The van der Waals surface area contributed by atoms with Gasteiger partial charge >= 0.3 is 0 Å². The Hall–Kier alpha value is -1.56. The van der Waals surface area contributed by atoms with Crippen LogP contribution in [0.5, 0.6) is 0 Å². The number of hydrogen-bond acceptors (Lipinski definition) is 0. The number of benzene rings is 2. The molecular formula is C18H20. The van der Waals surface area contributed by atoms with Crippen LogP contribution >= 0.6 is 0 Å². The molecule has 0 radical (unpaired) electrons. The summed E-state index contributed by atoms with van der Waals surface area (Å²) >= 11 is 0. The van der Waals surface area contributed by atoms with Crippen molar-refractivity contribution in [1.29, 1.82) is 0 Å². The van der Waals surface area contributed by atoms with Gasteiger partial charge in [0.25, 0.3) is 0 Å². The minimum Gasteiger partial charge on any atom is -0.0587 e. The second kappa shape index (κ2) is 4.61. The maximum absolute atomic E-state index is 2.40. The first kappa shape index (κ1) is 11.5. The van der Waals surface area contributed by atoms with Crippen molar-refractivity contribution in [3.63, 3.8) is 0 Å². The first-order valence-corrected chi connectivity index (χ1v) is 6.93. The van der Waals surface area contributed by atoms with Crippen LogP contribution in [0.25, 0.3) is 11.1 Å². The van der Waals surface area contributed by atoms with E-state index in [1.54, 1.807) is 11.1 Å². The number of rotatable bonds is 1. The second-order valence-corrected chi connectivity index (χ2v) is 5.49. The van der Waals surface area contributed by atoms with Gasteiger partial charge in [-0.2, -0.15) is 0 Å². The standard InChI is InChI=1S/C18H20/c1-13-7-9-15(10-8-13)18-11-16-5-3-4-6-17(12-18)14(16)2/h7-12H,3-6H2,1-2H3. The van der Waals surface area contributed by atoms with Gasteiger partial charge in [-0.25, -0.2) is 0 Å². The number of fused-ring (bicyclic) bond motifs is 2. The summed E-state index contributed by atoms with van der Waals surface area (Å²) < 4.78 is 0. The van der Waals surface area contributed by atoms with Gasteiger partial charge in [-0.1, -0.05) is 42.0 Å². The summed E-state index contributed by atoms with van der Waals surface area (Å²) in [6.45, 7) is 4.43. The minimum atomic E-state index is 1.25. The molecule has 0 fully saturated rings.